The highest BCUT2D eigenvalue weighted by Gasteiger charge is 2.23. The number of carbonyl (C=O) groups is 1. The lowest BCUT2D eigenvalue weighted by atomic mass is 10.1. The maximum absolute atomic E-state index is 14.3. The van der Waals surface area contributed by atoms with Gasteiger partial charge in [0.2, 0.25) is 0 Å². The van der Waals surface area contributed by atoms with Crippen LogP contribution in [0.25, 0.3) is 5.69 Å². The molecule has 2 aromatic rings. The average molecular weight is 312 g/mol. The van der Waals surface area contributed by atoms with Crippen LogP contribution in [0.2, 0.25) is 0 Å². The highest BCUT2D eigenvalue weighted by Crippen LogP contribution is 2.27. The molecule has 0 saturated heterocycles. The molecule has 1 aromatic carbocycles. The quantitative estimate of drug-likeness (QED) is 0.604. The number of hydrogen-bond acceptors (Lipinski definition) is 1. The van der Waals surface area contributed by atoms with Gasteiger partial charge in [0, 0.05) is 17.0 Å². The Balaban J connectivity index is 2.73. The van der Waals surface area contributed by atoms with Gasteiger partial charge in [-0.05, 0) is 45.4 Å². The molecule has 112 valence electrons. The topological polar surface area (TPSA) is 22.0 Å². The molecule has 2 rings (SSSR count). The van der Waals surface area contributed by atoms with Crippen molar-refractivity contribution < 1.29 is 13.6 Å². The minimum Gasteiger partial charge on any atom is -0.313 e. The van der Waals surface area contributed by atoms with Crippen molar-refractivity contribution in [3.8, 4) is 5.69 Å². The second-order valence-corrected chi connectivity index (χ2v) is 5.78. The van der Waals surface area contributed by atoms with Crippen molar-refractivity contribution in [3.05, 3.63) is 52.3 Å². The van der Waals surface area contributed by atoms with E-state index in [1.165, 1.54) is 16.7 Å². The number of nitrogens with zero attached hydrogens (tertiary/aromatic N) is 1. The average Bonchev–Trinajstić information content (AvgIpc) is 2.70. The first-order chi connectivity index (χ1) is 9.75. The van der Waals surface area contributed by atoms with Gasteiger partial charge in [-0.15, -0.1) is 11.6 Å². The van der Waals surface area contributed by atoms with Gasteiger partial charge in [0.25, 0.3) is 0 Å². The third kappa shape index (κ3) is 2.60. The van der Waals surface area contributed by atoms with Crippen molar-refractivity contribution in [3.63, 3.8) is 0 Å². The summed E-state index contributed by atoms with van der Waals surface area (Å²) in [6, 6.07) is 4.21. The zero-order valence-corrected chi connectivity index (χ0v) is 13.1. The summed E-state index contributed by atoms with van der Waals surface area (Å²) in [5.74, 6) is -1.56. The summed E-state index contributed by atoms with van der Waals surface area (Å²) in [4.78, 5) is 12.1. The molecule has 0 radical (unpaired) electrons. The fraction of sp³-hybridized carbons (Fsp3) is 0.312. The zero-order chi connectivity index (χ0) is 15.9. The number of aromatic nitrogens is 1. The molecule has 0 amide bonds. The Bertz CT molecular complexity index is 720. The summed E-state index contributed by atoms with van der Waals surface area (Å²) in [5.41, 5.74) is 1.63. The molecular formula is C16H16ClF2NO. The van der Waals surface area contributed by atoms with Gasteiger partial charge in [0.15, 0.2) is 11.6 Å². The Morgan fingerprint density at radius 3 is 2.43 bits per heavy atom. The van der Waals surface area contributed by atoms with Crippen LogP contribution in [0.4, 0.5) is 8.78 Å². The van der Waals surface area contributed by atoms with E-state index < -0.39 is 17.0 Å². The molecule has 0 fully saturated rings. The van der Waals surface area contributed by atoms with Gasteiger partial charge in [0.05, 0.1) is 5.38 Å². The van der Waals surface area contributed by atoms with Crippen LogP contribution < -0.4 is 0 Å². The van der Waals surface area contributed by atoms with Crippen molar-refractivity contribution in [2.45, 2.75) is 33.1 Å². The van der Waals surface area contributed by atoms with E-state index in [0.29, 0.717) is 22.5 Å². The first-order valence-electron chi connectivity index (χ1n) is 6.58. The highest BCUT2D eigenvalue weighted by atomic mass is 35.5. The molecule has 0 N–H and O–H groups in total. The van der Waals surface area contributed by atoms with Crippen LogP contribution in [0.3, 0.4) is 0 Å². The molecule has 0 aliphatic heterocycles. The number of rotatable bonds is 3. The van der Waals surface area contributed by atoms with Gasteiger partial charge in [-0.2, -0.15) is 0 Å². The van der Waals surface area contributed by atoms with Crippen molar-refractivity contribution in [1.82, 2.24) is 4.57 Å². The van der Waals surface area contributed by atoms with E-state index in [1.807, 2.05) is 0 Å². The number of carbonyl (C=O) groups excluding carboxylic acids is 1. The van der Waals surface area contributed by atoms with Crippen molar-refractivity contribution in [2.24, 2.45) is 0 Å². The molecule has 1 atom stereocenters. The second-order valence-electron chi connectivity index (χ2n) is 5.13. The van der Waals surface area contributed by atoms with Crippen LogP contribution in [-0.4, -0.2) is 15.7 Å². The van der Waals surface area contributed by atoms with Crippen LogP contribution in [0.5, 0.6) is 0 Å². The first-order valence-corrected chi connectivity index (χ1v) is 7.01. The summed E-state index contributed by atoms with van der Waals surface area (Å²) in [6.45, 7) is 6.49. The summed E-state index contributed by atoms with van der Waals surface area (Å²) in [7, 11) is 0. The number of benzene rings is 1. The molecule has 1 aromatic heterocycles. The van der Waals surface area contributed by atoms with Crippen LogP contribution in [0.15, 0.2) is 18.2 Å². The smallest absolute Gasteiger partial charge is 0.182 e. The van der Waals surface area contributed by atoms with E-state index in [9.17, 15) is 13.6 Å². The lowest BCUT2D eigenvalue weighted by Crippen LogP contribution is -2.12. The predicted octanol–water partition coefficient (Wildman–Crippen LogP) is 4.49. The molecule has 2 nitrogen and oxygen atoms in total. The van der Waals surface area contributed by atoms with Gasteiger partial charge in [-0.3, -0.25) is 4.79 Å². The van der Waals surface area contributed by atoms with Gasteiger partial charge in [-0.1, -0.05) is 6.07 Å². The molecular weight excluding hydrogens is 296 g/mol. The number of hydrogen-bond donors (Lipinski definition) is 0. The molecule has 1 heterocycles. The van der Waals surface area contributed by atoms with Gasteiger partial charge < -0.3 is 4.57 Å². The SMILES string of the molecule is Cc1ccc(F)c(-n2c(C)cc(C(=O)C(C)Cl)c2C)c1F. The normalized spacial score (nSPS) is 12.5. The number of alkyl halides is 1. The summed E-state index contributed by atoms with van der Waals surface area (Å²) in [6.07, 6.45) is 0. The molecule has 0 saturated carbocycles. The fourth-order valence-corrected chi connectivity index (χ4v) is 2.54. The largest absolute Gasteiger partial charge is 0.313 e. The number of ketones is 1. The Labute approximate surface area is 127 Å². The Kier molecular flexibility index (Phi) is 4.19. The van der Waals surface area contributed by atoms with Gasteiger partial charge in [-0.25, -0.2) is 8.78 Å². The monoisotopic (exact) mass is 311 g/mol. The van der Waals surface area contributed by atoms with Gasteiger partial charge >= 0.3 is 0 Å². The Morgan fingerprint density at radius 2 is 1.86 bits per heavy atom. The van der Waals surface area contributed by atoms with E-state index >= 15 is 0 Å². The summed E-state index contributed by atoms with van der Waals surface area (Å²) >= 11 is 5.82. The maximum atomic E-state index is 14.3. The Hall–Kier alpha value is -1.68. The zero-order valence-electron chi connectivity index (χ0n) is 12.3. The third-order valence-electron chi connectivity index (χ3n) is 3.54. The molecule has 5 heteroatoms. The van der Waals surface area contributed by atoms with E-state index in [1.54, 1.807) is 33.8 Å². The molecule has 21 heavy (non-hydrogen) atoms. The number of halogens is 3. The molecule has 0 aliphatic rings. The number of Topliss-reactive ketones (excluding diaryl/α,β-unsaturated/α-hetero) is 1. The van der Waals surface area contributed by atoms with Crippen molar-refractivity contribution in [1.29, 1.82) is 0 Å². The molecule has 0 spiro atoms. The lowest BCUT2D eigenvalue weighted by Gasteiger charge is -2.13. The minimum absolute atomic E-state index is 0.161. The van der Waals surface area contributed by atoms with Crippen LogP contribution in [0.1, 0.15) is 34.2 Å². The van der Waals surface area contributed by atoms with Crippen molar-refractivity contribution >= 4 is 17.4 Å². The molecule has 0 aliphatic carbocycles. The van der Waals surface area contributed by atoms with E-state index in [-0.39, 0.29) is 11.5 Å². The molecule has 1 unspecified atom stereocenters. The summed E-state index contributed by atoms with van der Waals surface area (Å²) in [5, 5.41) is -0.689. The van der Waals surface area contributed by atoms with Crippen LogP contribution >= 0.6 is 11.6 Å². The van der Waals surface area contributed by atoms with E-state index in [0.717, 1.165) is 0 Å². The third-order valence-corrected chi connectivity index (χ3v) is 3.74. The fourth-order valence-electron chi connectivity index (χ4n) is 2.42. The minimum atomic E-state index is -0.689. The Morgan fingerprint density at radius 1 is 1.24 bits per heavy atom. The van der Waals surface area contributed by atoms with Gasteiger partial charge in [0.1, 0.15) is 11.5 Å². The summed E-state index contributed by atoms with van der Waals surface area (Å²) < 4.78 is 29.8. The van der Waals surface area contributed by atoms with Crippen molar-refractivity contribution in [2.75, 3.05) is 0 Å². The van der Waals surface area contributed by atoms with Crippen LogP contribution in [-0.2, 0) is 0 Å². The lowest BCUT2D eigenvalue weighted by molar-refractivity contribution is 0.0991. The first kappa shape index (κ1) is 15.7. The van der Waals surface area contributed by atoms with E-state index in [2.05, 4.69) is 0 Å². The standard InChI is InChI=1S/C16H16ClF2NO/c1-8-5-6-13(18)15(14(8)19)20-9(2)7-12(11(20)4)16(21)10(3)17/h5-7,10H,1-4H3. The second kappa shape index (κ2) is 5.60. The van der Waals surface area contributed by atoms with Crippen LogP contribution in [0, 0.1) is 32.4 Å². The predicted molar refractivity (Wildman–Crippen MR) is 79.5 cm³/mol. The number of aryl methyl sites for hydroxylation is 2. The molecule has 0 bridgehead atoms. The maximum Gasteiger partial charge on any atom is 0.182 e. The highest BCUT2D eigenvalue weighted by molar-refractivity contribution is 6.33. The van der Waals surface area contributed by atoms with E-state index in [4.69, 9.17) is 11.6 Å².